The second kappa shape index (κ2) is 7.84. The SMILES string of the molecule is CC(=O)O[C@@H]1[C@@H](OC(C)=O)[C@H](OCc2ccccc2)O[C@@H]2CC(=O)O[C@@H]12. The zero-order valence-corrected chi connectivity index (χ0v) is 14.5. The molecule has 0 amide bonds. The van der Waals surface area contributed by atoms with Crippen LogP contribution in [0.25, 0.3) is 0 Å². The maximum atomic E-state index is 11.7. The Balaban J connectivity index is 1.81. The molecule has 0 N–H and O–H groups in total. The van der Waals surface area contributed by atoms with Crippen LogP contribution in [0, 0.1) is 0 Å². The number of benzene rings is 1. The van der Waals surface area contributed by atoms with Gasteiger partial charge in [0.15, 0.2) is 24.6 Å². The molecule has 140 valence electrons. The van der Waals surface area contributed by atoms with Crippen LogP contribution in [0.2, 0.25) is 0 Å². The zero-order valence-electron chi connectivity index (χ0n) is 14.5. The number of hydrogen-bond acceptors (Lipinski definition) is 8. The number of carbonyl (C=O) groups excluding carboxylic acids is 3. The number of ether oxygens (including phenoxy) is 5. The summed E-state index contributed by atoms with van der Waals surface area (Å²) in [5, 5.41) is 0. The fourth-order valence-corrected chi connectivity index (χ4v) is 3.08. The first-order chi connectivity index (χ1) is 12.4. The lowest BCUT2D eigenvalue weighted by Gasteiger charge is -2.41. The molecule has 8 nitrogen and oxygen atoms in total. The highest BCUT2D eigenvalue weighted by Crippen LogP contribution is 2.34. The van der Waals surface area contributed by atoms with Gasteiger partial charge in [-0.05, 0) is 5.56 Å². The molecule has 1 aromatic rings. The summed E-state index contributed by atoms with van der Waals surface area (Å²) in [6, 6.07) is 9.36. The summed E-state index contributed by atoms with van der Waals surface area (Å²) in [5.74, 6) is -1.65. The monoisotopic (exact) mass is 364 g/mol. The molecule has 0 radical (unpaired) electrons. The van der Waals surface area contributed by atoms with Gasteiger partial charge in [0.25, 0.3) is 0 Å². The minimum Gasteiger partial charge on any atom is -0.455 e. The summed E-state index contributed by atoms with van der Waals surface area (Å²) in [6.45, 7) is 2.65. The number of fused-ring (bicyclic) bond motifs is 1. The maximum Gasteiger partial charge on any atom is 0.309 e. The Labute approximate surface area is 150 Å². The van der Waals surface area contributed by atoms with Crippen LogP contribution in [0.3, 0.4) is 0 Å². The van der Waals surface area contributed by atoms with Crippen molar-refractivity contribution >= 4 is 17.9 Å². The highest BCUT2D eigenvalue weighted by molar-refractivity contribution is 5.73. The van der Waals surface area contributed by atoms with E-state index in [4.69, 9.17) is 23.7 Å². The zero-order chi connectivity index (χ0) is 18.7. The number of rotatable bonds is 5. The van der Waals surface area contributed by atoms with Crippen molar-refractivity contribution in [3.63, 3.8) is 0 Å². The van der Waals surface area contributed by atoms with E-state index in [9.17, 15) is 14.4 Å². The molecule has 2 fully saturated rings. The normalized spacial score (nSPS) is 30.2. The molecule has 5 atom stereocenters. The summed E-state index contributed by atoms with van der Waals surface area (Å²) >= 11 is 0. The van der Waals surface area contributed by atoms with Crippen LogP contribution in [0.15, 0.2) is 30.3 Å². The second-order valence-corrected chi connectivity index (χ2v) is 6.15. The highest BCUT2D eigenvalue weighted by atomic mass is 16.7. The van der Waals surface area contributed by atoms with Crippen molar-refractivity contribution in [2.45, 2.75) is 57.6 Å². The Morgan fingerprint density at radius 2 is 1.73 bits per heavy atom. The van der Waals surface area contributed by atoms with E-state index >= 15 is 0 Å². The average molecular weight is 364 g/mol. The molecule has 2 heterocycles. The Morgan fingerprint density at radius 3 is 2.38 bits per heavy atom. The van der Waals surface area contributed by atoms with Gasteiger partial charge >= 0.3 is 17.9 Å². The van der Waals surface area contributed by atoms with Crippen molar-refractivity contribution in [3.8, 4) is 0 Å². The van der Waals surface area contributed by atoms with Gasteiger partial charge in [0.05, 0.1) is 13.0 Å². The topological polar surface area (TPSA) is 97.4 Å². The van der Waals surface area contributed by atoms with Crippen LogP contribution in [-0.2, 0) is 44.7 Å². The van der Waals surface area contributed by atoms with E-state index in [1.165, 1.54) is 13.8 Å². The van der Waals surface area contributed by atoms with E-state index in [0.29, 0.717) is 0 Å². The molecule has 0 saturated carbocycles. The Morgan fingerprint density at radius 1 is 1.08 bits per heavy atom. The van der Waals surface area contributed by atoms with Crippen LogP contribution in [0.4, 0.5) is 0 Å². The molecule has 2 aliphatic rings. The van der Waals surface area contributed by atoms with E-state index in [-0.39, 0.29) is 13.0 Å². The van der Waals surface area contributed by atoms with Gasteiger partial charge in [-0.15, -0.1) is 0 Å². The van der Waals surface area contributed by atoms with Gasteiger partial charge in [-0.25, -0.2) is 0 Å². The third kappa shape index (κ3) is 4.20. The molecule has 0 aromatic heterocycles. The first-order valence-electron chi connectivity index (χ1n) is 8.29. The third-order valence-electron chi connectivity index (χ3n) is 4.09. The first kappa shape index (κ1) is 18.3. The lowest BCUT2D eigenvalue weighted by Crippen LogP contribution is -2.59. The van der Waals surface area contributed by atoms with E-state index in [0.717, 1.165) is 5.56 Å². The van der Waals surface area contributed by atoms with Crippen molar-refractivity contribution in [1.29, 1.82) is 0 Å². The van der Waals surface area contributed by atoms with E-state index < -0.39 is 48.6 Å². The Hall–Kier alpha value is -2.45. The van der Waals surface area contributed by atoms with Crippen LogP contribution < -0.4 is 0 Å². The molecule has 2 aliphatic heterocycles. The fourth-order valence-electron chi connectivity index (χ4n) is 3.08. The quantitative estimate of drug-likeness (QED) is 0.566. The third-order valence-corrected chi connectivity index (χ3v) is 4.09. The molecule has 0 bridgehead atoms. The molecule has 8 heteroatoms. The van der Waals surface area contributed by atoms with Gasteiger partial charge in [-0.2, -0.15) is 0 Å². The van der Waals surface area contributed by atoms with E-state index in [2.05, 4.69) is 0 Å². The second-order valence-electron chi connectivity index (χ2n) is 6.15. The van der Waals surface area contributed by atoms with Crippen molar-refractivity contribution < 1.29 is 38.1 Å². The van der Waals surface area contributed by atoms with Gasteiger partial charge in [0, 0.05) is 13.8 Å². The number of hydrogen-bond donors (Lipinski definition) is 0. The minimum atomic E-state index is -1.05. The summed E-state index contributed by atoms with van der Waals surface area (Å²) in [4.78, 5) is 34.7. The van der Waals surface area contributed by atoms with Crippen LogP contribution in [0.5, 0.6) is 0 Å². The van der Waals surface area contributed by atoms with E-state index in [1.54, 1.807) is 0 Å². The van der Waals surface area contributed by atoms with Gasteiger partial charge in [0.2, 0.25) is 0 Å². The van der Waals surface area contributed by atoms with Crippen LogP contribution in [-0.4, -0.2) is 48.6 Å². The summed E-state index contributed by atoms with van der Waals surface area (Å²) in [6.07, 6.45) is -4.51. The van der Waals surface area contributed by atoms with Crippen molar-refractivity contribution in [1.82, 2.24) is 0 Å². The highest BCUT2D eigenvalue weighted by Gasteiger charge is 2.55. The van der Waals surface area contributed by atoms with E-state index in [1.807, 2.05) is 30.3 Å². The molecule has 1 aromatic carbocycles. The minimum absolute atomic E-state index is 0.0143. The molecule has 0 unspecified atom stereocenters. The molecule has 0 spiro atoms. The lowest BCUT2D eigenvalue weighted by molar-refractivity contribution is -0.295. The van der Waals surface area contributed by atoms with Crippen LogP contribution >= 0.6 is 0 Å². The lowest BCUT2D eigenvalue weighted by atomic mass is 9.98. The molecular weight excluding hydrogens is 344 g/mol. The van der Waals surface area contributed by atoms with Crippen LogP contribution in [0.1, 0.15) is 25.8 Å². The number of carbonyl (C=O) groups is 3. The van der Waals surface area contributed by atoms with Crippen molar-refractivity contribution in [2.24, 2.45) is 0 Å². The average Bonchev–Trinajstić information content (AvgIpc) is 2.96. The molecule has 0 aliphatic carbocycles. The van der Waals surface area contributed by atoms with Crippen molar-refractivity contribution in [3.05, 3.63) is 35.9 Å². The summed E-state index contributed by atoms with van der Waals surface area (Å²) in [5.41, 5.74) is 0.891. The van der Waals surface area contributed by atoms with Crippen molar-refractivity contribution in [2.75, 3.05) is 0 Å². The summed E-state index contributed by atoms with van der Waals surface area (Å²) in [7, 11) is 0. The standard InChI is InChI=1S/C18H20O8/c1-10(19)23-16-15-13(8-14(21)26-15)25-18(17(16)24-11(2)20)22-9-12-6-4-3-5-7-12/h3-7,13,15-18H,8-9H2,1-2H3/t13-,15-,16+,17-,18-/m1/s1. The maximum absolute atomic E-state index is 11.7. The van der Waals surface area contributed by atoms with Gasteiger partial charge in [-0.1, -0.05) is 30.3 Å². The predicted octanol–water partition coefficient (Wildman–Crippen LogP) is 1.11. The predicted molar refractivity (Wildman–Crippen MR) is 85.5 cm³/mol. The van der Waals surface area contributed by atoms with Gasteiger partial charge < -0.3 is 23.7 Å². The molecule has 2 saturated heterocycles. The molecular formula is C18H20O8. The Kier molecular flexibility index (Phi) is 5.53. The largest absolute Gasteiger partial charge is 0.455 e. The van der Waals surface area contributed by atoms with Gasteiger partial charge in [-0.3, -0.25) is 14.4 Å². The molecule has 3 rings (SSSR count). The number of esters is 3. The molecule has 26 heavy (non-hydrogen) atoms. The smallest absolute Gasteiger partial charge is 0.309 e. The fraction of sp³-hybridized carbons (Fsp3) is 0.500. The summed E-state index contributed by atoms with van der Waals surface area (Å²) < 4.78 is 27.4. The first-order valence-corrected chi connectivity index (χ1v) is 8.29. The van der Waals surface area contributed by atoms with Gasteiger partial charge in [0.1, 0.15) is 6.10 Å². The Bertz CT molecular complexity index is 673.